The number of urea groups is 1. The summed E-state index contributed by atoms with van der Waals surface area (Å²) < 4.78 is 0. The smallest absolute Gasteiger partial charge is 0.319 e. The number of carbonyl (C=O) groups excluding carboxylic acids is 2. The SMILES string of the molecule is CCN1CCC2(CN(C(=O)N(C)C)CC23CCN(Cc2ccccn2)CC3)C1=O. The van der Waals surface area contributed by atoms with Crippen molar-refractivity contribution in [1.82, 2.24) is 24.6 Å². The minimum Gasteiger partial charge on any atom is -0.342 e. The molecule has 0 aromatic carbocycles. The molecule has 29 heavy (non-hydrogen) atoms. The van der Waals surface area contributed by atoms with Gasteiger partial charge in [0.25, 0.3) is 0 Å². The van der Waals surface area contributed by atoms with Gasteiger partial charge in [0, 0.05) is 58.4 Å². The topological polar surface area (TPSA) is 60.0 Å². The molecule has 1 aromatic heterocycles. The van der Waals surface area contributed by atoms with Gasteiger partial charge in [0.15, 0.2) is 0 Å². The lowest BCUT2D eigenvalue weighted by Crippen LogP contribution is -2.52. The number of hydrogen-bond acceptors (Lipinski definition) is 4. The highest BCUT2D eigenvalue weighted by molar-refractivity contribution is 5.88. The van der Waals surface area contributed by atoms with Crippen LogP contribution < -0.4 is 0 Å². The van der Waals surface area contributed by atoms with E-state index in [-0.39, 0.29) is 17.4 Å². The van der Waals surface area contributed by atoms with E-state index in [1.54, 1.807) is 19.0 Å². The van der Waals surface area contributed by atoms with Gasteiger partial charge in [0.2, 0.25) is 5.91 Å². The van der Waals surface area contributed by atoms with E-state index in [9.17, 15) is 9.59 Å². The Kier molecular flexibility index (Phi) is 5.27. The molecule has 3 fully saturated rings. The van der Waals surface area contributed by atoms with Gasteiger partial charge in [-0.15, -0.1) is 0 Å². The number of aromatic nitrogens is 1. The minimum atomic E-state index is -0.411. The van der Waals surface area contributed by atoms with Gasteiger partial charge in [-0.3, -0.25) is 14.7 Å². The van der Waals surface area contributed by atoms with E-state index in [2.05, 4.69) is 22.9 Å². The summed E-state index contributed by atoms with van der Waals surface area (Å²) in [7, 11) is 3.59. The third kappa shape index (κ3) is 3.29. The highest BCUT2D eigenvalue weighted by Crippen LogP contribution is 2.58. The summed E-state index contributed by atoms with van der Waals surface area (Å²) in [6.45, 7) is 7.63. The van der Waals surface area contributed by atoms with E-state index in [1.807, 2.05) is 28.1 Å². The van der Waals surface area contributed by atoms with Gasteiger partial charge >= 0.3 is 6.03 Å². The first-order valence-corrected chi connectivity index (χ1v) is 10.8. The first-order chi connectivity index (χ1) is 13.9. The Balaban J connectivity index is 1.55. The number of carbonyl (C=O) groups is 2. The average molecular weight is 400 g/mol. The van der Waals surface area contributed by atoms with Crippen LogP contribution in [-0.4, -0.2) is 89.9 Å². The Morgan fingerprint density at radius 2 is 1.90 bits per heavy atom. The van der Waals surface area contributed by atoms with Crippen molar-refractivity contribution in [2.45, 2.75) is 32.7 Å². The normalized spacial score (nSPS) is 26.7. The van der Waals surface area contributed by atoms with E-state index in [1.165, 1.54) is 0 Å². The van der Waals surface area contributed by atoms with Gasteiger partial charge in [-0.25, -0.2) is 4.79 Å². The molecule has 1 atom stereocenters. The van der Waals surface area contributed by atoms with Crippen LogP contribution in [0.4, 0.5) is 4.79 Å². The maximum absolute atomic E-state index is 13.5. The minimum absolute atomic E-state index is 0.0277. The maximum atomic E-state index is 13.5. The Bertz CT molecular complexity index is 760. The number of piperidine rings is 1. The zero-order valence-electron chi connectivity index (χ0n) is 17.9. The third-order valence-electron chi connectivity index (χ3n) is 7.43. The fourth-order valence-corrected chi connectivity index (χ4v) is 5.76. The third-order valence-corrected chi connectivity index (χ3v) is 7.43. The van der Waals surface area contributed by atoms with Crippen LogP contribution in [0.15, 0.2) is 24.4 Å². The van der Waals surface area contributed by atoms with Crippen molar-refractivity contribution in [2.24, 2.45) is 10.8 Å². The van der Waals surface area contributed by atoms with Gasteiger partial charge in [0.05, 0.1) is 11.1 Å². The molecule has 158 valence electrons. The second-order valence-corrected chi connectivity index (χ2v) is 9.13. The van der Waals surface area contributed by atoms with E-state index in [0.717, 1.165) is 57.7 Å². The van der Waals surface area contributed by atoms with Crippen LogP contribution in [0.3, 0.4) is 0 Å². The summed E-state index contributed by atoms with van der Waals surface area (Å²) in [5.74, 6) is 0.271. The van der Waals surface area contributed by atoms with Crippen LogP contribution >= 0.6 is 0 Å². The number of rotatable bonds is 3. The van der Waals surface area contributed by atoms with Gasteiger partial charge < -0.3 is 14.7 Å². The predicted octanol–water partition coefficient (Wildman–Crippen LogP) is 1.90. The summed E-state index contributed by atoms with van der Waals surface area (Å²) >= 11 is 0. The van der Waals surface area contributed by atoms with Crippen molar-refractivity contribution in [3.05, 3.63) is 30.1 Å². The standard InChI is InChI=1S/C22H33N5O2/c1-4-26-14-10-22(19(26)28)17-27(20(29)24(2)3)16-21(22)8-12-25(13-9-21)15-18-7-5-6-11-23-18/h5-7,11H,4,8-10,12-17H2,1-3H3. The largest absolute Gasteiger partial charge is 0.342 e. The molecule has 1 aromatic rings. The molecule has 0 bridgehead atoms. The zero-order chi connectivity index (χ0) is 20.6. The number of amides is 3. The molecule has 4 heterocycles. The number of hydrogen-bond donors (Lipinski definition) is 0. The van der Waals surface area contributed by atoms with E-state index >= 15 is 0 Å². The molecule has 4 rings (SSSR count). The first kappa shape index (κ1) is 20.1. The van der Waals surface area contributed by atoms with Crippen molar-refractivity contribution in [1.29, 1.82) is 0 Å². The van der Waals surface area contributed by atoms with Gasteiger partial charge in [-0.1, -0.05) is 6.07 Å². The second kappa shape index (κ2) is 7.59. The average Bonchev–Trinajstić information content (AvgIpc) is 3.22. The van der Waals surface area contributed by atoms with Gasteiger partial charge in [0.1, 0.15) is 0 Å². The van der Waals surface area contributed by atoms with Crippen LogP contribution in [0.1, 0.15) is 31.9 Å². The lowest BCUT2D eigenvalue weighted by Gasteiger charge is -2.46. The van der Waals surface area contributed by atoms with Crippen molar-refractivity contribution in [3.8, 4) is 0 Å². The summed E-state index contributed by atoms with van der Waals surface area (Å²) in [5.41, 5.74) is 0.564. The number of pyridine rings is 1. The van der Waals surface area contributed by atoms with E-state index < -0.39 is 5.41 Å². The van der Waals surface area contributed by atoms with Crippen molar-refractivity contribution in [2.75, 3.05) is 53.4 Å². The maximum Gasteiger partial charge on any atom is 0.319 e. The Hall–Kier alpha value is -2.15. The quantitative estimate of drug-likeness (QED) is 0.779. The van der Waals surface area contributed by atoms with Gasteiger partial charge in [-0.05, 0) is 51.4 Å². The zero-order valence-corrected chi connectivity index (χ0v) is 17.9. The van der Waals surface area contributed by atoms with E-state index in [4.69, 9.17) is 0 Å². The van der Waals surface area contributed by atoms with Crippen LogP contribution in [0.5, 0.6) is 0 Å². The molecular weight excluding hydrogens is 366 g/mol. The lowest BCUT2D eigenvalue weighted by atomic mass is 9.60. The number of fused-ring (bicyclic) bond motifs is 1. The van der Waals surface area contributed by atoms with Crippen LogP contribution in [0.25, 0.3) is 0 Å². The molecule has 0 N–H and O–H groups in total. The molecule has 3 saturated heterocycles. The fourth-order valence-electron chi connectivity index (χ4n) is 5.76. The second-order valence-electron chi connectivity index (χ2n) is 9.13. The predicted molar refractivity (Wildman–Crippen MR) is 111 cm³/mol. The molecule has 0 aliphatic carbocycles. The molecule has 2 spiro atoms. The van der Waals surface area contributed by atoms with Crippen molar-refractivity contribution in [3.63, 3.8) is 0 Å². The Morgan fingerprint density at radius 1 is 1.14 bits per heavy atom. The van der Waals surface area contributed by atoms with E-state index in [0.29, 0.717) is 13.1 Å². The van der Waals surface area contributed by atoms with Gasteiger partial charge in [-0.2, -0.15) is 0 Å². The summed E-state index contributed by atoms with van der Waals surface area (Å²) in [6.07, 6.45) is 4.63. The van der Waals surface area contributed by atoms with Crippen LogP contribution in [-0.2, 0) is 11.3 Å². The lowest BCUT2D eigenvalue weighted by molar-refractivity contribution is -0.142. The van der Waals surface area contributed by atoms with Crippen molar-refractivity contribution >= 4 is 11.9 Å². The fraction of sp³-hybridized carbons (Fsp3) is 0.682. The summed E-state index contributed by atoms with van der Waals surface area (Å²) in [6, 6.07) is 6.07. The summed E-state index contributed by atoms with van der Waals surface area (Å²) in [4.78, 5) is 38.7. The highest BCUT2D eigenvalue weighted by atomic mass is 16.2. The number of likely N-dealkylation sites (tertiary alicyclic amines) is 3. The molecule has 3 amide bonds. The molecule has 3 aliphatic rings. The monoisotopic (exact) mass is 399 g/mol. The Labute approximate surface area is 173 Å². The molecular formula is C22H33N5O2. The molecule has 0 saturated carbocycles. The molecule has 3 aliphatic heterocycles. The summed E-state index contributed by atoms with van der Waals surface area (Å²) in [5, 5.41) is 0. The molecule has 0 radical (unpaired) electrons. The van der Waals surface area contributed by atoms with Crippen molar-refractivity contribution < 1.29 is 9.59 Å². The molecule has 1 unspecified atom stereocenters. The van der Waals surface area contributed by atoms with Crippen LogP contribution in [0.2, 0.25) is 0 Å². The Morgan fingerprint density at radius 3 is 2.48 bits per heavy atom. The molecule has 7 heteroatoms. The first-order valence-electron chi connectivity index (χ1n) is 10.8. The molecule has 7 nitrogen and oxygen atoms in total. The highest BCUT2D eigenvalue weighted by Gasteiger charge is 2.65. The number of nitrogens with zero attached hydrogens (tertiary/aromatic N) is 5. The van der Waals surface area contributed by atoms with Crippen LogP contribution in [0, 0.1) is 10.8 Å².